The molecule has 0 radical (unpaired) electrons. The van der Waals surface area contributed by atoms with E-state index in [0.29, 0.717) is 18.7 Å². The molecule has 8 heteroatoms. The van der Waals surface area contributed by atoms with Crippen LogP contribution in [-0.4, -0.2) is 51.5 Å². The normalized spacial score (nSPS) is 23.7. The molecule has 27 heavy (non-hydrogen) atoms. The first-order chi connectivity index (χ1) is 12.9. The fraction of sp³-hybridized carbons (Fsp3) is 0.632. The van der Waals surface area contributed by atoms with Gasteiger partial charge >= 0.3 is 0 Å². The second-order valence-electron chi connectivity index (χ2n) is 7.61. The molecule has 1 aromatic carbocycles. The summed E-state index contributed by atoms with van der Waals surface area (Å²) in [5, 5.41) is 0. The van der Waals surface area contributed by atoms with Gasteiger partial charge in [0.25, 0.3) is 5.91 Å². The van der Waals surface area contributed by atoms with Gasteiger partial charge in [-0.2, -0.15) is 0 Å². The Morgan fingerprint density at radius 3 is 2.63 bits per heavy atom. The molecule has 3 N–H and O–H groups in total. The average Bonchev–Trinajstić information content (AvgIpc) is 3.29. The summed E-state index contributed by atoms with van der Waals surface area (Å²) in [6, 6.07) is 4.64. The van der Waals surface area contributed by atoms with Crippen molar-refractivity contribution in [1.82, 2.24) is 9.62 Å². The quantitative estimate of drug-likeness (QED) is 0.764. The Hall–Kier alpha value is -1.64. The summed E-state index contributed by atoms with van der Waals surface area (Å²) in [5.74, 6) is 0.360. The lowest BCUT2D eigenvalue weighted by molar-refractivity contribution is 0.0743. The molecule has 2 fully saturated rings. The van der Waals surface area contributed by atoms with Crippen molar-refractivity contribution in [1.29, 1.82) is 0 Å². The van der Waals surface area contributed by atoms with E-state index in [-0.39, 0.29) is 34.6 Å². The topological polar surface area (TPSA) is 102 Å². The van der Waals surface area contributed by atoms with Gasteiger partial charge in [-0.25, -0.2) is 13.1 Å². The number of ether oxygens (including phenoxy) is 1. The Kier molecular flexibility index (Phi) is 6.08. The summed E-state index contributed by atoms with van der Waals surface area (Å²) < 4.78 is 33.8. The van der Waals surface area contributed by atoms with E-state index >= 15 is 0 Å². The van der Waals surface area contributed by atoms with Gasteiger partial charge < -0.3 is 15.4 Å². The molecule has 1 saturated heterocycles. The first kappa shape index (κ1) is 20.1. The molecule has 0 spiro atoms. The van der Waals surface area contributed by atoms with Crippen LogP contribution < -0.4 is 15.2 Å². The summed E-state index contributed by atoms with van der Waals surface area (Å²) in [5.41, 5.74) is 6.11. The van der Waals surface area contributed by atoms with Gasteiger partial charge in [-0.15, -0.1) is 0 Å². The number of nitrogens with one attached hydrogen (secondary N) is 1. The molecule has 7 nitrogen and oxygen atoms in total. The highest BCUT2D eigenvalue weighted by Crippen LogP contribution is 2.29. The van der Waals surface area contributed by atoms with Gasteiger partial charge in [-0.3, -0.25) is 4.79 Å². The molecular weight excluding hydrogens is 366 g/mol. The zero-order valence-corrected chi connectivity index (χ0v) is 16.8. The number of carbonyl (C=O) groups excluding carboxylic acids is 1. The molecule has 0 aromatic heterocycles. The maximum Gasteiger partial charge on any atom is 0.254 e. The van der Waals surface area contributed by atoms with Crippen LogP contribution >= 0.6 is 0 Å². The number of carbonyl (C=O) groups is 1. The van der Waals surface area contributed by atoms with Gasteiger partial charge in [0, 0.05) is 24.2 Å². The number of hydrogen-bond acceptors (Lipinski definition) is 5. The number of nitrogens with two attached hydrogens (primary N) is 1. The molecule has 1 aliphatic carbocycles. The average molecular weight is 396 g/mol. The predicted molar refractivity (Wildman–Crippen MR) is 103 cm³/mol. The standard InChI is InChI=1S/C19H29N3O4S/c1-13-9-14(11-20)12-22(13)19(23)15-7-8-17(26-2)18(10-15)27(24,25)21-16-5-3-4-6-16/h7-8,10,13-14,16,21H,3-6,9,11-12,20H2,1-2H3. The number of nitrogens with zero attached hydrogens (tertiary/aromatic N) is 1. The number of likely N-dealkylation sites (tertiary alicyclic amines) is 1. The highest BCUT2D eigenvalue weighted by atomic mass is 32.2. The zero-order chi connectivity index (χ0) is 19.6. The van der Waals surface area contributed by atoms with Crippen molar-refractivity contribution in [2.45, 2.75) is 56.0 Å². The van der Waals surface area contributed by atoms with Crippen molar-refractivity contribution >= 4 is 15.9 Å². The van der Waals surface area contributed by atoms with Crippen molar-refractivity contribution in [2.75, 3.05) is 20.2 Å². The third-order valence-corrected chi connectivity index (χ3v) is 7.17. The van der Waals surface area contributed by atoms with Crippen molar-refractivity contribution in [3.63, 3.8) is 0 Å². The maximum atomic E-state index is 13.0. The maximum absolute atomic E-state index is 13.0. The van der Waals surface area contributed by atoms with Crippen LogP contribution in [0.3, 0.4) is 0 Å². The molecule has 2 aliphatic rings. The monoisotopic (exact) mass is 395 g/mol. The summed E-state index contributed by atoms with van der Waals surface area (Å²) >= 11 is 0. The van der Waals surface area contributed by atoms with Crippen LogP contribution in [0, 0.1) is 5.92 Å². The smallest absolute Gasteiger partial charge is 0.254 e. The molecule has 1 amide bonds. The van der Waals surface area contributed by atoms with Gasteiger partial charge in [-0.1, -0.05) is 12.8 Å². The van der Waals surface area contributed by atoms with Crippen molar-refractivity contribution in [3.8, 4) is 5.75 Å². The van der Waals surface area contributed by atoms with Gasteiger partial charge in [0.1, 0.15) is 10.6 Å². The molecule has 150 valence electrons. The number of hydrogen-bond donors (Lipinski definition) is 2. The highest BCUT2D eigenvalue weighted by Gasteiger charge is 2.33. The van der Waals surface area contributed by atoms with Crippen LogP contribution in [0.15, 0.2) is 23.1 Å². The molecule has 1 heterocycles. The second kappa shape index (κ2) is 8.16. The Labute approximate surface area is 161 Å². The highest BCUT2D eigenvalue weighted by molar-refractivity contribution is 7.89. The molecule has 1 aliphatic heterocycles. The van der Waals surface area contributed by atoms with E-state index in [0.717, 1.165) is 32.1 Å². The Bertz CT molecular complexity index is 790. The third kappa shape index (κ3) is 4.28. The lowest BCUT2D eigenvalue weighted by atomic mass is 10.1. The molecule has 3 rings (SSSR count). The SMILES string of the molecule is COc1ccc(C(=O)N2CC(CN)CC2C)cc1S(=O)(=O)NC1CCCC1. The van der Waals surface area contributed by atoms with Gasteiger partial charge in [0.05, 0.1) is 7.11 Å². The fourth-order valence-electron chi connectivity index (χ4n) is 4.11. The third-order valence-electron chi connectivity index (χ3n) is 5.63. The van der Waals surface area contributed by atoms with E-state index in [9.17, 15) is 13.2 Å². The second-order valence-corrected chi connectivity index (χ2v) is 9.29. The Morgan fingerprint density at radius 1 is 1.33 bits per heavy atom. The summed E-state index contributed by atoms with van der Waals surface area (Å²) in [6.07, 6.45) is 4.60. The Balaban J connectivity index is 1.88. The largest absolute Gasteiger partial charge is 0.495 e. The minimum Gasteiger partial charge on any atom is -0.495 e. The van der Waals surface area contributed by atoms with Crippen LogP contribution in [0.2, 0.25) is 0 Å². The van der Waals surface area contributed by atoms with Crippen LogP contribution in [0.25, 0.3) is 0 Å². The molecule has 1 aromatic rings. The molecule has 2 atom stereocenters. The number of sulfonamides is 1. The van der Waals surface area contributed by atoms with Crippen LogP contribution in [0.5, 0.6) is 5.75 Å². The number of amides is 1. The van der Waals surface area contributed by atoms with Crippen molar-refractivity contribution < 1.29 is 17.9 Å². The van der Waals surface area contributed by atoms with Gasteiger partial charge in [0.15, 0.2) is 0 Å². The molecular formula is C19H29N3O4S. The zero-order valence-electron chi connectivity index (χ0n) is 16.0. The van der Waals surface area contributed by atoms with Gasteiger partial charge in [-0.05, 0) is 56.8 Å². The predicted octanol–water partition coefficient (Wildman–Crippen LogP) is 1.73. The van der Waals surface area contributed by atoms with E-state index in [1.807, 2.05) is 6.92 Å². The summed E-state index contributed by atoms with van der Waals surface area (Å²) in [4.78, 5) is 14.8. The van der Waals surface area contributed by atoms with E-state index in [4.69, 9.17) is 10.5 Å². The summed E-state index contributed by atoms with van der Waals surface area (Å²) in [6.45, 7) is 3.14. The van der Waals surface area contributed by atoms with Crippen LogP contribution in [0.1, 0.15) is 49.4 Å². The van der Waals surface area contributed by atoms with E-state index in [2.05, 4.69) is 4.72 Å². The van der Waals surface area contributed by atoms with Gasteiger partial charge in [0.2, 0.25) is 10.0 Å². The van der Waals surface area contributed by atoms with E-state index in [1.165, 1.54) is 13.2 Å². The van der Waals surface area contributed by atoms with Crippen LogP contribution in [-0.2, 0) is 10.0 Å². The number of rotatable bonds is 6. The van der Waals surface area contributed by atoms with Crippen LogP contribution in [0.4, 0.5) is 0 Å². The lowest BCUT2D eigenvalue weighted by Gasteiger charge is -2.22. The first-order valence-electron chi connectivity index (χ1n) is 9.57. The van der Waals surface area contributed by atoms with E-state index in [1.54, 1.807) is 17.0 Å². The van der Waals surface area contributed by atoms with Crippen molar-refractivity contribution in [2.24, 2.45) is 11.7 Å². The minimum absolute atomic E-state index is 0.0185. The first-order valence-corrected chi connectivity index (χ1v) is 11.1. The van der Waals surface area contributed by atoms with E-state index < -0.39 is 10.0 Å². The number of benzene rings is 1. The molecule has 2 unspecified atom stereocenters. The summed E-state index contributed by atoms with van der Waals surface area (Å²) in [7, 11) is -2.33. The molecule has 1 saturated carbocycles. The Morgan fingerprint density at radius 2 is 2.04 bits per heavy atom. The van der Waals surface area contributed by atoms with Crippen molar-refractivity contribution in [3.05, 3.63) is 23.8 Å². The lowest BCUT2D eigenvalue weighted by Crippen LogP contribution is -2.35. The minimum atomic E-state index is -3.76. The molecule has 0 bridgehead atoms. The number of methoxy groups -OCH3 is 1. The fourth-order valence-corrected chi connectivity index (χ4v) is 5.61.